The Kier molecular flexibility index (Phi) is 4.85. The number of aryl methyl sites for hydroxylation is 1. The summed E-state index contributed by atoms with van der Waals surface area (Å²) < 4.78 is 0. The number of benzene rings is 1. The van der Waals surface area contributed by atoms with Crippen LogP contribution in [-0.2, 0) is 6.54 Å². The van der Waals surface area contributed by atoms with Gasteiger partial charge < -0.3 is 4.90 Å². The van der Waals surface area contributed by atoms with Crippen LogP contribution < -0.4 is 0 Å². The van der Waals surface area contributed by atoms with Gasteiger partial charge in [0.2, 0.25) is 5.82 Å². The number of aromatic amines is 1. The molecule has 0 atom stereocenters. The van der Waals surface area contributed by atoms with Gasteiger partial charge in [-0.1, -0.05) is 29.3 Å². The number of nitrogens with zero attached hydrogens (tertiary/aromatic N) is 3. The first-order valence-corrected chi connectivity index (χ1v) is 7.28. The minimum Gasteiger partial charge on any atom is -0.329 e. The van der Waals surface area contributed by atoms with E-state index >= 15 is 0 Å². The molecule has 1 amide bonds. The van der Waals surface area contributed by atoms with E-state index in [4.69, 9.17) is 23.2 Å². The van der Waals surface area contributed by atoms with E-state index < -0.39 is 0 Å². The van der Waals surface area contributed by atoms with Gasteiger partial charge in [-0.2, -0.15) is 0 Å². The normalized spacial score (nSPS) is 11.0. The molecule has 5 nitrogen and oxygen atoms in total. The molecular weight excluding hydrogens is 311 g/mol. The predicted octanol–water partition coefficient (Wildman–Crippen LogP) is 3.47. The molecule has 21 heavy (non-hydrogen) atoms. The number of carbonyl (C=O) groups is 1. The Morgan fingerprint density at radius 1 is 1.33 bits per heavy atom. The second-order valence-corrected chi connectivity index (χ2v) is 5.83. The Hall–Kier alpha value is -1.59. The van der Waals surface area contributed by atoms with E-state index in [0.717, 1.165) is 5.56 Å². The summed E-state index contributed by atoms with van der Waals surface area (Å²) in [7, 11) is 0. The van der Waals surface area contributed by atoms with Crippen molar-refractivity contribution in [1.29, 1.82) is 0 Å². The fourth-order valence-corrected chi connectivity index (χ4v) is 2.21. The van der Waals surface area contributed by atoms with Crippen molar-refractivity contribution in [2.45, 2.75) is 33.4 Å². The molecule has 2 rings (SSSR count). The molecule has 2 aromatic rings. The van der Waals surface area contributed by atoms with Gasteiger partial charge in [0.15, 0.2) is 0 Å². The van der Waals surface area contributed by atoms with Crippen LogP contribution in [0.3, 0.4) is 0 Å². The van der Waals surface area contributed by atoms with E-state index in [2.05, 4.69) is 15.2 Å². The number of H-pyrrole nitrogens is 1. The van der Waals surface area contributed by atoms with E-state index in [0.29, 0.717) is 22.4 Å². The highest BCUT2D eigenvalue weighted by Gasteiger charge is 2.22. The zero-order valence-electron chi connectivity index (χ0n) is 12.0. The maximum absolute atomic E-state index is 12.5. The smallest absolute Gasteiger partial charge is 0.294 e. The third kappa shape index (κ3) is 3.74. The Morgan fingerprint density at radius 3 is 2.57 bits per heavy atom. The molecule has 7 heteroatoms. The van der Waals surface area contributed by atoms with Crippen LogP contribution in [0.2, 0.25) is 10.0 Å². The lowest BCUT2D eigenvalue weighted by molar-refractivity contribution is 0.0678. The fourth-order valence-electron chi connectivity index (χ4n) is 1.89. The summed E-state index contributed by atoms with van der Waals surface area (Å²) in [4.78, 5) is 18.2. The van der Waals surface area contributed by atoms with Crippen molar-refractivity contribution in [3.8, 4) is 0 Å². The van der Waals surface area contributed by atoms with Gasteiger partial charge in [0.1, 0.15) is 5.82 Å². The average molecular weight is 327 g/mol. The Morgan fingerprint density at radius 2 is 2.05 bits per heavy atom. The molecule has 112 valence electrons. The first kappa shape index (κ1) is 15.8. The second kappa shape index (κ2) is 6.45. The van der Waals surface area contributed by atoms with Crippen LogP contribution in [0.15, 0.2) is 18.2 Å². The molecule has 0 radical (unpaired) electrons. The van der Waals surface area contributed by atoms with Crippen LogP contribution >= 0.6 is 23.2 Å². The first-order chi connectivity index (χ1) is 9.88. The van der Waals surface area contributed by atoms with Crippen LogP contribution in [0, 0.1) is 6.92 Å². The topological polar surface area (TPSA) is 61.9 Å². The van der Waals surface area contributed by atoms with E-state index in [1.165, 1.54) is 0 Å². The summed E-state index contributed by atoms with van der Waals surface area (Å²) in [6.07, 6.45) is 0. The number of aromatic nitrogens is 3. The summed E-state index contributed by atoms with van der Waals surface area (Å²) in [5.74, 6) is 0.554. The van der Waals surface area contributed by atoms with Gasteiger partial charge in [-0.25, -0.2) is 4.98 Å². The third-order valence-corrected chi connectivity index (χ3v) is 3.75. The number of nitrogens with one attached hydrogen (secondary N) is 1. The Balaban J connectivity index is 2.23. The summed E-state index contributed by atoms with van der Waals surface area (Å²) in [5.41, 5.74) is 0.902. The lowest BCUT2D eigenvalue weighted by atomic mass is 10.2. The van der Waals surface area contributed by atoms with Crippen molar-refractivity contribution < 1.29 is 4.79 Å². The number of carbonyl (C=O) groups excluding carboxylic acids is 1. The highest BCUT2D eigenvalue weighted by atomic mass is 35.5. The second-order valence-electron chi connectivity index (χ2n) is 5.02. The molecule has 0 aliphatic rings. The van der Waals surface area contributed by atoms with Crippen LogP contribution in [0.5, 0.6) is 0 Å². The molecule has 0 spiro atoms. The Labute approximate surface area is 133 Å². The van der Waals surface area contributed by atoms with Gasteiger partial charge in [-0.05, 0) is 38.5 Å². The molecule has 0 saturated carbocycles. The molecule has 1 heterocycles. The molecule has 0 fully saturated rings. The summed E-state index contributed by atoms with van der Waals surface area (Å²) in [6.45, 7) is 6.05. The number of hydrogen-bond donors (Lipinski definition) is 1. The molecule has 0 aliphatic carbocycles. The van der Waals surface area contributed by atoms with Gasteiger partial charge in [0.05, 0.1) is 10.0 Å². The Bertz CT molecular complexity index is 654. The molecule has 0 aliphatic heterocycles. The quantitative estimate of drug-likeness (QED) is 0.935. The van der Waals surface area contributed by atoms with Gasteiger partial charge in [0, 0.05) is 12.6 Å². The van der Waals surface area contributed by atoms with Gasteiger partial charge in [0.25, 0.3) is 5.91 Å². The lowest BCUT2D eigenvalue weighted by Crippen LogP contribution is -2.37. The summed E-state index contributed by atoms with van der Waals surface area (Å²) >= 11 is 11.9. The molecular formula is C14H16Cl2N4O. The monoisotopic (exact) mass is 326 g/mol. The zero-order valence-corrected chi connectivity index (χ0v) is 13.5. The minimum atomic E-state index is -0.222. The predicted molar refractivity (Wildman–Crippen MR) is 82.6 cm³/mol. The number of rotatable bonds is 4. The SMILES string of the molecule is Cc1nc(C(=O)N(Cc2ccc(Cl)c(Cl)c2)C(C)C)n[nH]1. The van der Waals surface area contributed by atoms with Crippen molar-refractivity contribution in [2.24, 2.45) is 0 Å². The van der Waals surface area contributed by atoms with E-state index in [9.17, 15) is 4.79 Å². The lowest BCUT2D eigenvalue weighted by Gasteiger charge is -2.25. The summed E-state index contributed by atoms with van der Waals surface area (Å²) in [6, 6.07) is 5.33. The van der Waals surface area contributed by atoms with Crippen LogP contribution in [0.1, 0.15) is 35.9 Å². The highest BCUT2D eigenvalue weighted by Crippen LogP contribution is 2.24. The third-order valence-electron chi connectivity index (χ3n) is 3.01. The van der Waals surface area contributed by atoms with E-state index in [-0.39, 0.29) is 17.8 Å². The maximum Gasteiger partial charge on any atom is 0.294 e. The number of amides is 1. The zero-order chi connectivity index (χ0) is 15.6. The van der Waals surface area contributed by atoms with Gasteiger partial charge in [-0.3, -0.25) is 9.89 Å². The van der Waals surface area contributed by atoms with Crippen molar-refractivity contribution in [3.05, 3.63) is 45.5 Å². The van der Waals surface area contributed by atoms with Gasteiger partial charge >= 0.3 is 0 Å². The minimum absolute atomic E-state index is 0.00533. The van der Waals surface area contributed by atoms with E-state index in [1.807, 2.05) is 19.9 Å². The molecule has 1 N–H and O–H groups in total. The van der Waals surface area contributed by atoms with E-state index in [1.54, 1.807) is 24.0 Å². The van der Waals surface area contributed by atoms with Crippen LogP contribution in [0.25, 0.3) is 0 Å². The van der Waals surface area contributed by atoms with Crippen molar-refractivity contribution in [3.63, 3.8) is 0 Å². The molecule has 1 aromatic heterocycles. The molecule has 1 aromatic carbocycles. The number of halogens is 2. The van der Waals surface area contributed by atoms with Crippen molar-refractivity contribution >= 4 is 29.1 Å². The fraction of sp³-hybridized carbons (Fsp3) is 0.357. The van der Waals surface area contributed by atoms with Gasteiger partial charge in [-0.15, -0.1) is 5.10 Å². The van der Waals surface area contributed by atoms with Crippen molar-refractivity contribution in [1.82, 2.24) is 20.1 Å². The number of hydrogen-bond acceptors (Lipinski definition) is 3. The van der Waals surface area contributed by atoms with Crippen LogP contribution in [0.4, 0.5) is 0 Å². The highest BCUT2D eigenvalue weighted by molar-refractivity contribution is 6.42. The summed E-state index contributed by atoms with van der Waals surface area (Å²) in [5, 5.41) is 7.56. The molecule has 0 bridgehead atoms. The maximum atomic E-state index is 12.5. The molecule has 0 saturated heterocycles. The first-order valence-electron chi connectivity index (χ1n) is 6.52. The average Bonchev–Trinajstić information content (AvgIpc) is 2.85. The van der Waals surface area contributed by atoms with Crippen molar-refractivity contribution in [2.75, 3.05) is 0 Å². The largest absolute Gasteiger partial charge is 0.329 e. The van der Waals surface area contributed by atoms with Crippen LogP contribution in [-0.4, -0.2) is 32.0 Å². The standard InChI is InChI=1S/C14H16Cl2N4O/c1-8(2)20(14(21)13-17-9(3)18-19-13)7-10-4-5-11(15)12(16)6-10/h4-6,8H,7H2,1-3H3,(H,17,18,19). The molecule has 0 unspecified atom stereocenters.